The first kappa shape index (κ1) is 8.85. The summed E-state index contributed by atoms with van der Waals surface area (Å²) in [7, 11) is 0. The molecule has 0 aliphatic carbocycles. The lowest BCUT2D eigenvalue weighted by Gasteiger charge is -2.16. The van der Waals surface area contributed by atoms with Crippen molar-refractivity contribution in [2.45, 2.75) is 31.8 Å². The van der Waals surface area contributed by atoms with Crippen molar-refractivity contribution in [1.82, 2.24) is 0 Å². The summed E-state index contributed by atoms with van der Waals surface area (Å²) >= 11 is 0. The van der Waals surface area contributed by atoms with Crippen molar-refractivity contribution < 1.29 is 30.1 Å². The molecule has 1 saturated heterocycles. The van der Waals surface area contributed by atoms with Crippen LogP contribution in [0.15, 0.2) is 0 Å². The number of hydrogen-bond acceptors (Lipinski definition) is 6. The molecule has 0 amide bonds. The molecule has 2 N–H and O–H groups in total. The number of rotatable bonds is 2. The molecule has 6 heteroatoms. The van der Waals surface area contributed by atoms with E-state index in [1.54, 1.807) is 0 Å². The fourth-order valence-electron chi connectivity index (χ4n) is 0.913. The highest BCUT2D eigenvalue weighted by Gasteiger charge is 2.49. The van der Waals surface area contributed by atoms with Crippen LogP contribution < -0.4 is 0 Å². The Balaban J connectivity index is 2.58. The molecule has 0 aromatic carbocycles. The van der Waals surface area contributed by atoms with Gasteiger partial charge in [-0.3, -0.25) is 0 Å². The molecular formula is C5H10O6. The molecule has 2 atom stereocenters. The second-order valence-electron chi connectivity index (χ2n) is 2.79. The van der Waals surface area contributed by atoms with Gasteiger partial charge in [-0.05, 0) is 13.8 Å². The molecule has 0 aromatic heterocycles. The summed E-state index contributed by atoms with van der Waals surface area (Å²) in [4.78, 5) is 17.0. The van der Waals surface area contributed by atoms with Crippen molar-refractivity contribution in [1.29, 1.82) is 0 Å². The van der Waals surface area contributed by atoms with Crippen molar-refractivity contribution in [3.8, 4) is 0 Å². The zero-order chi connectivity index (χ0) is 8.54. The maximum Gasteiger partial charge on any atom is 0.236 e. The minimum absolute atomic E-state index is 0.0625. The summed E-state index contributed by atoms with van der Waals surface area (Å²) in [5, 5.41) is 16.6. The largest absolute Gasteiger partial charge is 0.249 e. The molecule has 1 aliphatic rings. The van der Waals surface area contributed by atoms with Crippen LogP contribution in [0.1, 0.15) is 20.3 Å². The van der Waals surface area contributed by atoms with Gasteiger partial charge in [0.1, 0.15) is 0 Å². The predicted molar refractivity (Wildman–Crippen MR) is 31.0 cm³/mol. The molecule has 1 fully saturated rings. The van der Waals surface area contributed by atoms with E-state index in [-0.39, 0.29) is 6.42 Å². The smallest absolute Gasteiger partial charge is 0.236 e. The third-order valence-electron chi connectivity index (χ3n) is 1.42. The molecule has 0 saturated carbocycles. The lowest BCUT2D eigenvalue weighted by atomic mass is 10.1. The average Bonchev–Trinajstić information content (AvgIpc) is 2.30. The third-order valence-corrected chi connectivity index (χ3v) is 1.42. The first-order valence-electron chi connectivity index (χ1n) is 3.06. The van der Waals surface area contributed by atoms with Crippen molar-refractivity contribution in [3.63, 3.8) is 0 Å². The molecular weight excluding hydrogens is 156 g/mol. The summed E-state index contributed by atoms with van der Waals surface area (Å²) in [6, 6.07) is 0. The van der Waals surface area contributed by atoms with Crippen LogP contribution in [0, 0.1) is 0 Å². The van der Waals surface area contributed by atoms with E-state index in [2.05, 4.69) is 19.6 Å². The van der Waals surface area contributed by atoms with Gasteiger partial charge in [0.25, 0.3) is 0 Å². The van der Waals surface area contributed by atoms with E-state index in [0.29, 0.717) is 0 Å². The van der Waals surface area contributed by atoms with Crippen molar-refractivity contribution in [2.75, 3.05) is 0 Å². The average molecular weight is 166 g/mol. The van der Waals surface area contributed by atoms with Crippen LogP contribution in [-0.4, -0.2) is 22.1 Å². The minimum Gasteiger partial charge on any atom is -0.249 e. The zero-order valence-corrected chi connectivity index (χ0v) is 6.23. The predicted octanol–water partition coefficient (Wildman–Crippen LogP) is 0.750. The highest BCUT2D eigenvalue weighted by atomic mass is 17.3. The third kappa shape index (κ3) is 1.67. The monoisotopic (exact) mass is 166 g/mol. The molecule has 1 heterocycles. The van der Waals surface area contributed by atoms with Gasteiger partial charge in [-0.2, -0.15) is 9.78 Å². The number of hydrogen-bond donors (Lipinski definition) is 2. The standard InChI is InChI=1S/C5H10O6/c1-4(8-6)3-5(2,9-7)11-10-4/h6-7H,3H2,1-2H3/t4-,5-/m0/s1. The normalized spacial score (nSPS) is 44.7. The molecule has 0 aromatic rings. The van der Waals surface area contributed by atoms with Gasteiger partial charge in [0, 0.05) is 0 Å². The van der Waals surface area contributed by atoms with Crippen LogP contribution in [0.5, 0.6) is 0 Å². The van der Waals surface area contributed by atoms with E-state index in [0.717, 1.165) is 0 Å². The lowest BCUT2D eigenvalue weighted by Crippen LogP contribution is -2.31. The molecule has 0 spiro atoms. The minimum atomic E-state index is -1.28. The van der Waals surface area contributed by atoms with Crippen LogP contribution in [0.3, 0.4) is 0 Å². The Morgan fingerprint density at radius 3 is 1.64 bits per heavy atom. The van der Waals surface area contributed by atoms with Gasteiger partial charge < -0.3 is 0 Å². The summed E-state index contributed by atoms with van der Waals surface area (Å²) in [5.41, 5.74) is 0. The van der Waals surface area contributed by atoms with Crippen LogP contribution in [-0.2, 0) is 19.6 Å². The van der Waals surface area contributed by atoms with Crippen LogP contribution in [0.2, 0.25) is 0 Å². The Labute approximate surface area is 63.0 Å². The summed E-state index contributed by atoms with van der Waals surface area (Å²) in [5.74, 6) is -2.56. The molecule has 0 radical (unpaired) electrons. The van der Waals surface area contributed by atoms with Crippen LogP contribution >= 0.6 is 0 Å². The summed E-state index contributed by atoms with van der Waals surface area (Å²) < 4.78 is 0. The molecule has 11 heavy (non-hydrogen) atoms. The molecule has 0 unspecified atom stereocenters. The molecule has 66 valence electrons. The van der Waals surface area contributed by atoms with Gasteiger partial charge in [-0.15, -0.1) is 0 Å². The summed E-state index contributed by atoms with van der Waals surface area (Å²) in [6.45, 7) is 2.88. The lowest BCUT2D eigenvalue weighted by molar-refractivity contribution is -0.502. The van der Waals surface area contributed by atoms with E-state index in [4.69, 9.17) is 10.5 Å². The fourth-order valence-corrected chi connectivity index (χ4v) is 0.913. The Kier molecular flexibility index (Phi) is 2.15. The quantitative estimate of drug-likeness (QED) is 0.465. The van der Waals surface area contributed by atoms with E-state index in [9.17, 15) is 0 Å². The van der Waals surface area contributed by atoms with E-state index in [1.807, 2.05) is 0 Å². The highest BCUT2D eigenvalue weighted by molar-refractivity contribution is 4.75. The van der Waals surface area contributed by atoms with Crippen molar-refractivity contribution in [2.24, 2.45) is 0 Å². The van der Waals surface area contributed by atoms with Crippen LogP contribution in [0.25, 0.3) is 0 Å². The van der Waals surface area contributed by atoms with E-state index >= 15 is 0 Å². The first-order valence-corrected chi connectivity index (χ1v) is 3.06. The maximum absolute atomic E-state index is 8.31. The van der Waals surface area contributed by atoms with Gasteiger partial charge in [0.05, 0.1) is 6.42 Å². The van der Waals surface area contributed by atoms with E-state index in [1.165, 1.54) is 13.8 Å². The summed E-state index contributed by atoms with van der Waals surface area (Å²) in [6.07, 6.45) is 0.0625. The Morgan fingerprint density at radius 1 is 1.09 bits per heavy atom. The maximum atomic E-state index is 8.31. The van der Waals surface area contributed by atoms with E-state index < -0.39 is 11.6 Å². The highest BCUT2D eigenvalue weighted by Crippen LogP contribution is 2.36. The second-order valence-corrected chi connectivity index (χ2v) is 2.79. The molecule has 1 rings (SSSR count). The Hall–Kier alpha value is -0.240. The SMILES string of the molecule is C[C@@]1(OO)C[C@@](C)(OO)OO1. The molecule has 6 nitrogen and oxygen atoms in total. The van der Waals surface area contributed by atoms with Gasteiger partial charge in [0.2, 0.25) is 11.6 Å². The van der Waals surface area contributed by atoms with Gasteiger partial charge in [-0.1, -0.05) is 0 Å². The van der Waals surface area contributed by atoms with Gasteiger partial charge in [0.15, 0.2) is 0 Å². The van der Waals surface area contributed by atoms with Crippen LogP contribution in [0.4, 0.5) is 0 Å². The topological polar surface area (TPSA) is 77.4 Å². The molecule has 0 bridgehead atoms. The Morgan fingerprint density at radius 2 is 1.45 bits per heavy atom. The fraction of sp³-hybridized carbons (Fsp3) is 1.00. The van der Waals surface area contributed by atoms with Crippen molar-refractivity contribution >= 4 is 0 Å². The van der Waals surface area contributed by atoms with Gasteiger partial charge in [-0.25, -0.2) is 20.3 Å². The Bertz CT molecular complexity index is 134. The molecule has 1 aliphatic heterocycles. The first-order chi connectivity index (χ1) is 5.04. The van der Waals surface area contributed by atoms with Gasteiger partial charge >= 0.3 is 0 Å². The van der Waals surface area contributed by atoms with Crippen molar-refractivity contribution in [3.05, 3.63) is 0 Å². The zero-order valence-electron chi connectivity index (χ0n) is 6.23. The second kappa shape index (κ2) is 2.67.